The summed E-state index contributed by atoms with van der Waals surface area (Å²) < 4.78 is 0. The number of rotatable bonds is 5. The van der Waals surface area contributed by atoms with E-state index >= 15 is 0 Å². The van der Waals surface area contributed by atoms with Crippen molar-refractivity contribution in [3.05, 3.63) is 65.7 Å². The van der Waals surface area contributed by atoms with Gasteiger partial charge in [-0.2, -0.15) is 0 Å². The van der Waals surface area contributed by atoms with Crippen molar-refractivity contribution in [1.82, 2.24) is 4.90 Å². The second-order valence-electron chi connectivity index (χ2n) is 5.25. The minimum atomic E-state index is -0.827. The number of carbonyl (C=O) groups is 1. The van der Waals surface area contributed by atoms with Crippen molar-refractivity contribution in [3.8, 4) is 11.5 Å². The highest BCUT2D eigenvalue weighted by Gasteiger charge is 2.13. The van der Waals surface area contributed by atoms with Gasteiger partial charge in [0.2, 0.25) is 5.91 Å². The summed E-state index contributed by atoms with van der Waals surface area (Å²) in [5, 5.41) is 28.6. The van der Waals surface area contributed by atoms with Crippen LogP contribution in [0.4, 0.5) is 0 Å². The van der Waals surface area contributed by atoms with E-state index in [-0.39, 0.29) is 24.0 Å². The minimum Gasteiger partial charge on any atom is -0.508 e. The molecule has 3 N–H and O–H groups in total. The van der Waals surface area contributed by atoms with Crippen LogP contribution in [0.3, 0.4) is 0 Å². The molecule has 0 radical (unpaired) electrons. The van der Waals surface area contributed by atoms with E-state index < -0.39 is 6.10 Å². The highest BCUT2D eigenvalue weighted by Crippen LogP contribution is 2.17. The van der Waals surface area contributed by atoms with E-state index in [0.717, 1.165) is 5.56 Å². The normalized spacial score (nSPS) is 12.3. The Morgan fingerprint density at radius 2 is 1.57 bits per heavy atom. The molecule has 0 saturated heterocycles. The van der Waals surface area contributed by atoms with Crippen LogP contribution >= 0.6 is 0 Å². The van der Waals surface area contributed by atoms with Crippen molar-refractivity contribution in [1.29, 1.82) is 0 Å². The van der Waals surface area contributed by atoms with Crippen LogP contribution in [0.25, 0.3) is 6.08 Å². The maximum atomic E-state index is 12.0. The topological polar surface area (TPSA) is 81.0 Å². The van der Waals surface area contributed by atoms with Gasteiger partial charge in [0.05, 0.1) is 12.6 Å². The van der Waals surface area contributed by atoms with Gasteiger partial charge in [-0.25, -0.2) is 0 Å². The lowest BCUT2D eigenvalue weighted by Crippen LogP contribution is -2.29. The molecule has 0 spiro atoms. The summed E-state index contributed by atoms with van der Waals surface area (Å²) in [6.07, 6.45) is 2.23. The number of phenols is 2. The Morgan fingerprint density at radius 3 is 2.13 bits per heavy atom. The molecule has 120 valence electrons. The number of phenolic OH excluding ortho intramolecular Hbond substituents is 2. The molecule has 1 amide bonds. The van der Waals surface area contributed by atoms with Gasteiger partial charge in [-0.15, -0.1) is 0 Å². The second kappa shape index (κ2) is 7.47. The van der Waals surface area contributed by atoms with Gasteiger partial charge in [0.1, 0.15) is 11.5 Å². The molecule has 2 aromatic rings. The number of likely N-dealkylation sites (N-methyl/N-ethyl adjacent to an activating group) is 1. The van der Waals surface area contributed by atoms with E-state index in [1.807, 2.05) is 0 Å². The Kier molecular flexibility index (Phi) is 5.38. The predicted molar refractivity (Wildman–Crippen MR) is 87.8 cm³/mol. The lowest BCUT2D eigenvalue weighted by Gasteiger charge is -2.19. The maximum absolute atomic E-state index is 12.0. The third-order valence-electron chi connectivity index (χ3n) is 3.41. The monoisotopic (exact) mass is 313 g/mol. The van der Waals surface area contributed by atoms with Gasteiger partial charge in [0, 0.05) is 13.1 Å². The van der Waals surface area contributed by atoms with Gasteiger partial charge < -0.3 is 20.2 Å². The van der Waals surface area contributed by atoms with Crippen LogP contribution in [0, 0.1) is 0 Å². The molecule has 0 saturated carbocycles. The molecule has 0 aliphatic carbocycles. The van der Waals surface area contributed by atoms with Crippen molar-refractivity contribution in [3.63, 3.8) is 0 Å². The number of carbonyl (C=O) groups excluding carboxylic acids is 1. The molecule has 0 aliphatic heterocycles. The number of hydrogen-bond donors (Lipinski definition) is 3. The summed E-state index contributed by atoms with van der Waals surface area (Å²) in [7, 11) is 1.60. The SMILES string of the molecule is CN(CC(O)c1ccc(O)cc1)C(=O)/C=C/c1ccc(O)cc1. The fourth-order valence-electron chi connectivity index (χ4n) is 2.03. The van der Waals surface area contributed by atoms with E-state index in [2.05, 4.69) is 0 Å². The standard InChI is InChI=1S/C18H19NO4/c1-19(12-17(22)14-5-9-16(21)10-6-14)18(23)11-4-13-2-7-15(20)8-3-13/h2-11,17,20-22H,12H2,1H3/b11-4+. The second-order valence-corrected chi connectivity index (χ2v) is 5.25. The Balaban J connectivity index is 1.94. The van der Waals surface area contributed by atoms with Crippen LogP contribution in [0.1, 0.15) is 17.2 Å². The van der Waals surface area contributed by atoms with E-state index in [1.54, 1.807) is 49.5 Å². The molecule has 1 atom stereocenters. The third kappa shape index (κ3) is 4.86. The molecule has 5 heteroatoms. The van der Waals surface area contributed by atoms with Crippen molar-refractivity contribution < 1.29 is 20.1 Å². The number of aromatic hydroxyl groups is 2. The van der Waals surface area contributed by atoms with Gasteiger partial charge in [-0.3, -0.25) is 4.79 Å². The first kappa shape index (κ1) is 16.6. The number of nitrogens with zero attached hydrogens (tertiary/aromatic N) is 1. The lowest BCUT2D eigenvalue weighted by atomic mass is 10.1. The van der Waals surface area contributed by atoms with Gasteiger partial charge in [-0.05, 0) is 41.5 Å². The predicted octanol–water partition coefficient (Wildman–Crippen LogP) is 2.30. The van der Waals surface area contributed by atoms with Crippen LogP contribution < -0.4 is 0 Å². The lowest BCUT2D eigenvalue weighted by molar-refractivity contribution is -0.126. The van der Waals surface area contributed by atoms with Gasteiger partial charge in [0.15, 0.2) is 0 Å². The number of amides is 1. The van der Waals surface area contributed by atoms with E-state index in [1.165, 1.54) is 23.1 Å². The van der Waals surface area contributed by atoms with Crippen molar-refractivity contribution in [2.24, 2.45) is 0 Å². The van der Waals surface area contributed by atoms with E-state index in [0.29, 0.717) is 5.56 Å². The van der Waals surface area contributed by atoms with Crippen LogP contribution in [0.15, 0.2) is 54.6 Å². The molecule has 0 aliphatic rings. The molecule has 0 fully saturated rings. The average Bonchev–Trinajstić information content (AvgIpc) is 2.54. The molecule has 2 rings (SSSR count). The Bertz CT molecular complexity index is 677. The minimum absolute atomic E-state index is 0.127. The molecular formula is C18H19NO4. The van der Waals surface area contributed by atoms with Crippen LogP contribution in [-0.2, 0) is 4.79 Å². The van der Waals surface area contributed by atoms with Crippen LogP contribution in [0.2, 0.25) is 0 Å². The molecule has 0 heterocycles. The molecule has 5 nitrogen and oxygen atoms in total. The highest BCUT2D eigenvalue weighted by molar-refractivity contribution is 5.91. The molecule has 0 aromatic heterocycles. The Hall–Kier alpha value is -2.79. The number of benzene rings is 2. The van der Waals surface area contributed by atoms with Crippen molar-refractivity contribution in [2.45, 2.75) is 6.10 Å². The third-order valence-corrected chi connectivity index (χ3v) is 3.41. The zero-order valence-corrected chi connectivity index (χ0v) is 12.8. The molecule has 1 unspecified atom stereocenters. The van der Waals surface area contributed by atoms with Crippen LogP contribution in [0.5, 0.6) is 11.5 Å². The number of aliphatic hydroxyl groups is 1. The van der Waals surface area contributed by atoms with Gasteiger partial charge >= 0.3 is 0 Å². The summed E-state index contributed by atoms with van der Waals surface area (Å²) in [6.45, 7) is 0.142. The fraction of sp³-hybridized carbons (Fsp3) is 0.167. The van der Waals surface area contributed by atoms with E-state index in [9.17, 15) is 20.1 Å². The van der Waals surface area contributed by atoms with Crippen LogP contribution in [-0.4, -0.2) is 39.7 Å². The molecule has 0 bridgehead atoms. The number of aliphatic hydroxyl groups excluding tert-OH is 1. The Labute approximate surface area is 134 Å². The fourth-order valence-corrected chi connectivity index (χ4v) is 2.03. The summed E-state index contributed by atoms with van der Waals surface area (Å²) >= 11 is 0. The average molecular weight is 313 g/mol. The smallest absolute Gasteiger partial charge is 0.246 e. The molecule has 23 heavy (non-hydrogen) atoms. The molecular weight excluding hydrogens is 294 g/mol. The summed E-state index contributed by atoms with van der Waals surface area (Å²) in [4.78, 5) is 13.5. The van der Waals surface area contributed by atoms with Gasteiger partial charge in [-0.1, -0.05) is 24.3 Å². The summed E-state index contributed by atoms with van der Waals surface area (Å²) in [5.74, 6) is 0.0562. The first-order valence-corrected chi connectivity index (χ1v) is 7.15. The van der Waals surface area contributed by atoms with Gasteiger partial charge in [0.25, 0.3) is 0 Å². The Morgan fingerprint density at radius 1 is 1.04 bits per heavy atom. The quantitative estimate of drug-likeness (QED) is 0.740. The van der Waals surface area contributed by atoms with E-state index in [4.69, 9.17) is 0 Å². The zero-order valence-electron chi connectivity index (χ0n) is 12.8. The largest absolute Gasteiger partial charge is 0.508 e. The first-order valence-electron chi connectivity index (χ1n) is 7.15. The summed E-state index contributed by atoms with van der Waals surface area (Å²) in [5.41, 5.74) is 1.42. The van der Waals surface area contributed by atoms with Crippen molar-refractivity contribution >= 4 is 12.0 Å². The number of hydrogen-bond acceptors (Lipinski definition) is 4. The van der Waals surface area contributed by atoms with Crippen molar-refractivity contribution in [2.75, 3.05) is 13.6 Å². The zero-order chi connectivity index (χ0) is 16.8. The first-order chi connectivity index (χ1) is 11.0. The summed E-state index contributed by atoms with van der Waals surface area (Å²) in [6, 6.07) is 12.7. The maximum Gasteiger partial charge on any atom is 0.246 e. The molecule has 2 aromatic carbocycles. The highest BCUT2D eigenvalue weighted by atomic mass is 16.3.